The molecule has 0 aliphatic carbocycles. The minimum atomic E-state index is -0.418. The maximum Gasteiger partial charge on any atom is 0.253 e. The summed E-state index contributed by atoms with van der Waals surface area (Å²) in [6, 6.07) is 21.4. The lowest BCUT2D eigenvalue weighted by Crippen LogP contribution is -2.49. The van der Waals surface area contributed by atoms with Crippen LogP contribution in [0.15, 0.2) is 72.9 Å². The molecule has 4 aromatic rings. The molecular formula is C33H30FN7O2. The number of nitrogens with zero attached hydrogens (tertiary/aromatic N) is 6. The molecule has 3 aromatic carbocycles. The topological polar surface area (TPSA) is 105 Å². The highest BCUT2D eigenvalue weighted by molar-refractivity contribution is 5.99. The predicted octanol–water partition coefficient (Wildman–Crippen LogP) is 4.29. The van der Waals surface area contributed by atoms with Crippen LogP contribution in [0.3, 0.4) is 0 Å². The Morgan fingerprint density at radius 1 is 1.00 bits per heavy atom. The second-order valence-electron chi connectivity index (χ2n) is 10.6. The molecule has 10 heteroatoms. The third-order valence-electron chi connectivity index (χ3n) is 7.99. The van der Waals surface area contributed by atoms with E-state index in [0.717, 1.165) is 16.8 Å². The van der Waals surface area contributed by atoms with Gasteiger partial charge in [-0.05, 0) is 66.1 Å². The zero-order valence-corrected chi connectivity index (χ0v) is 23.8. The zero-order valence-electron chi connectivity index (χ0n) is 23.8. The molecule has 0 bridgehead atoms. The van der Waals surface area contributed by atoms with Crippen molar-refractivity contribution < 1.29 is 14.0 Å². The van der Waals surface area contributed by atoms with Crippen LogP contribution >= 0.6 is 0 Å². The SMILES string of the molecule is CNc1ccc(C(=O)N2CCN(c3nccc(-c4cc(C#N)c5c(c4)CCN5C(=O)Cc4ccccc4F)n3)CC2)cc1. The fraction of sp³-hybridized carbons (Fsp3) is 0.242. The highest BCUT2D eigenvalue weighted by atomic mass is 19.1. The van der Waals surface area contributed by atoms with Gasteiger partial charge in [0, 0.05) is 62.8 Å². The number of carbonyl (C=O) groups excluding carboxylic acids is 2. The number of aromatic nitrogens is 2. The lowest BCUT2D eigenvalue weighted by atomic mass is 10.0. The number of carbonyl (C=O) groups is 2. The molecule has 216 valence electrons. The molecule has 6 rings (SSSR count). The zero-order chi connectivity index (χ0) is 29.9. The van der Waals surface area contributed by atoms with E-state index in [4.69, 9.17) is 4.98 Å². The van der Waals surface area contributed by atoms with Gasteiger partial charge in [0.2, 0.25) is 11.9 Å². The molecule has 1 N–H and O–H groups in total. The van der Waals surface area contributed by atoms with Crippen LogP contribution < -0.4 is 15.1 Å². The summed E-state index contributed by atoms with van der Waals surface area (Å²) in [5.74, 6) is -0.104. The lowest BCUT2D eigenvalue weighted by Gasteiger charge is -2.34. The first-order valence-corrected chi connectivity index (χ1v) is 14.2. The highest BCUT2D eigenvalue weighted by Crippen LogP contribution is 2.36. The average molecular weight is 576 g/mol. The molecule has 2 amide bonds. The summed E-state index contributed by atoms with van der Waals surface area (Å²) >= 11 is 0. The van der Waals surface area contributed by atoms with Gasteiger partial charge in [-0.2, -0.15) is 5.26 Å². The summed E-state index contributed by atoms with van der Waals surface area (Å²) in [6.07, 6.45) is 2.21. The van der Waals surface area contributed by atoms with Crippen molar-refractivity contribution in [2.45, 2.75) is 12.8 Å². The summed E-state index contributed by atoms with van der Waals surface area (Å²) in [7, 11) is 1.84. The largest absolute Gasteiger partial charge is 0.388 e. The molecule has 2 aliphatic heterocycles. The van der Waals surface area contributed by atoms with Gasteiger partial charge in [-0.25, -0.2) is 14.4 Å². The van der Waals surface area contributed by atoms with E-state index in [0.29, 0.717) is 73.2 Å². The molecule has 0 unspecified atom stereocenters. The Hall–Kier alpha value is -5.30. The Kier molecular flexibility index (Phi) is 7.71. The van der Waals surface area contributed by atoms with Gasteiger partial charge in [-0.15, -0.1) is 0 Å². The van der Waals surface area contributed by atoms with Crippen molar-refractivity contribution in [3.8, 4) is 17.3 Å². The second kappa shape index (κ2) is 11.9. The molecular weight excluding hydrogens is 545 g/mol. The van der Waals surface area contributed by atoms with E-state index in [9.17, 15) is 19.2 Å². The minimum Gasteiger partial charge on any atom is -0.388 e. The maximum atomic E-state index is 14.2. The second-order valence-corrected chi connectivity index (χ2v) is 10.6. The number of amides is 2. The molecule has 1 saturated heterocycles. The van der Waals surface area contributed by atoms with E-state index in [1.54, 1.807) is 41.4 Å². The average Bonchev–Trinajstić information content (AvgIpc) is 3.50. The highest BCUT2D eigenvalue weighted by Gasteiger charge is 2.29. The Bertz CT molecular complexity index is 1730. The lowest BCUT2D eigenvalue weighted by molar-refractivity contribution is -0.117. The smallest absolute Gasteiger partial charge is 0.253 e. The van der Waals surface area contributed by atoms with Crippen molar-refractivity contribution in [2.24, 2.45) is 0 Å². The summed E-state index contributed by atoms with van der Waals surface area (Å²) < 4.78 is 14.2. The molecule has 0 spiro atoms. The Morgan fingerprint density at radius 2 is 1.77 bits per heavy atom. The van der Waals surface area contributed by atoms with Crippen LogP contribution in [0.5, 0.6) is 0 Å². The Morgan fingerprint density at radius 3 is 2.49 bits per heavy atom. The van der Waals surface area contributed by atoms with Crippen molar-refractivity contribution in [3.63, 3.8) is 0 Å². The molecule has 3 heterocycles. The van der Waals surface area contributed by atoms with E-state index < -0.39 is 5.82 Å². The number of hydrogen-bond donors (Lipinski definition) is 1. The molecule has 9 nitrogen and oxygen atoms in total. The number of piperazine rings is 1. The number of nitriles is 1. The third kappa shape index (κ3) is 5.62. The quantitative estimate of drug-likeness (QED) is 0.366. The van der Waals surface area contributed by atoms with Gasteiger partial charge < -0.3 is 20.0 Å². The van der Waals surface area contributed by atoms with Gasteiger partial charge in [0.05, 0.1) is 23.4 Å². The number of benzene rings is 3. The van der Waals surface area contributed by atoms with Crippen LogP contribution in [0.2, 0.25) is 0 Å². The van der Waals surface area contributed by atoms with Gasteiger partial charge in [-0.3, -0.25) is 9.59 Å². The molecule has 2 aliphatic rings. The number of rotatable bonds is 6. The Balaban J connectivity index is 1.17. The number of fused-ring (bicyclic) bond motifs is 1. The van der Waals surface area contributed by atoms with E-state index in [-0.39, 0.29) is 18.2 Å². The fourth-order valence-corrected chi connectivity index (χ4v) is 5.66. The minimum absolute atomic E-state index is 0.000532. The number of halogens is 1. The van der Waals surface area contributed by atoms with Crippen LogP contribution in [0.25, 0.3) is 11.3 Å². The van der Waals surface area contributed by atoms with E-state index >= 15 is 0 Å². The molecule has 43 heavy (non-hydrogen) atoms. The molecule has 0 atom stereocenters. The number of anilines is 3. The van der Waals surface area contributed by atoms with E-state index in [1.807, 2.05) is 42.3 Å². The normalized spacial score (nSPS) is 14.3. The molecule has 1 aromatic heterocycles. The fourth-order valence-electron chi connectivity index (χ4n) is 5.66. The molecule has 1 fully saturated rings. The molecule has 0 radical (unpaired) electrons. The van der Waals surface area contributed by atoms with Crippen molar-refractivity contribution in [2.75, 3.05) is 54.9 Å². The van der Waals surface area contributed by atoms with Gasteiger partial charge in [0.15, 0.2) is 0 Å². The van der Waals surface area contributed by atoms with Crippen molar-refractivity contribution in [3.05, 3.63) is 101 Å². The van der Waals surface area contributed by atoms with Crippen LogP contribution in [0.1, 0.15) is 27.0 Å². The van der Waals surface area contributed by atoms with Crippen LogP contribution in [0.4, 0.5) is 21.7 Å². The number of nitrogens with one attached hydrogen (secondary N) is 1. The predicted molar refractivity (Wildman–Crippen MR) is 162 cm³/mol. The Labute approximate surface area is 249 Å². The van der Waals surface area contributed by atoms with Crippen molar-refractivity contribution in [1.82, 2.24) is 14.9 Å². The van der Waals surface area contributed by atoms with Crippen molar-refractivity contribution >= 4 is 29.1 Å². The molecule has 0 saturated carbocycles. The summed E-state index contributed by atoms with van der Waals surface area (Å²) in [6.45, 7) is 2.72. The first kappa shape index (κ1) is 27.8. The third-order valence-corrected chi connectivity index (χ3v) is 7.99. The van der Waals surface area contributed by atoms with Crippen LogP contribution in [-0.2, 0) is 17.6 Å². The monoisotopic (exact) mass is 575 g/mol. The standard InChI is InChI=1S/C33H30FN7O2/c1-36-27-8-6-22(7-9-27)32(43)39-14-16-40(17-15-39)33-37-12-10-29(38-33)25-18-24-11-13-41(31(24)26(19-25)21-35)30(42)20-23-4-2-3-5-28(23)34/h2-10,12,18-19,36H,11,13-17,20H2,1H3. The summed E-state index contributed by atoms with van der Waals surface area (Å²) in [5, 5.41) is 13.1. The van der Waals surface area contributed by atoms with Gasteiger partial charge in [0.1, 0.15) is 11.9 Å². The van der Waals surface area contributed by atoms with Crippen LogP contribution in [0, 0.1) is 17.1 Å². The van der Waals surface area contributed by atoms with E-state index in [1.165, 1.54) is 6.07 Å². The summed E-state index contributed by atoms with van der Waals surface area (Å²) in [5.41, 5.74) is 5.22. The maximum absolute atomic E-state index is 14.2. The number of hydrogen-bond acceptors (Lipinski definition) is 7. The first-order valence-electron chi connectivity index (χ1n) is 14.2. The summed E-state index contributed by atoms with van der Waals surface area (Å²) in [4.78, 5) is 40.9. The van der Waals surface area contributed by atoms with Gasteiger partial charge in [0.25, 0.3) is 5.91 Å². The van der Waals surface area contributed by atoms with Gasteiger partial charge in [-0.1, -0.05) is 18.2 Å². The first-order chi connectivity index (χ1) is 20.9. The van der Waals surface area contributed by atoms with Crippen molar-refractivity contribution in [1.29, 1.82) is 5.26 Å². The van der Waals surface area contributed by atoms with E-state index in [2.05, 4.69) is 21.3 Å². The van der Waals surface area contributed by atoms with Gasteiger partial charge >= 0.3 is 0 Å². The van der Waals surface area contributed by atoms with Crippen LogP contribution in [-0.4, -0.2) is 66.5 Å².